The molecule has 0 spiro atoms. The fraction of sp³-hybridized carbons (Fsp3) is 1.00. The fourth-order valence-electron chi connectivity index (χ4n) is 1.80. The lowest BCUT2D eigenvalue weighted by molar-refractivity contribution is -0.0261. The smallest absolute Gasteiger partial charge is 0.328 e. The number of fused-ring (bicyclic) bond motifs is 1. The monoisotopic (exact) mass is 238 g/mol. The number of hydrogen-bond donors (Lipinski definition) is 0. The van der Waals surface area contributed by atoms with Gasteiger partial charge in [-0.3, -0.25) is 4.57 Å². The van der Waals surface area contributed by atoms with E-state index in [1.165, 1.54) is 6.66 Å². The SMILES string of the molecule is B[C@@H]1O[C@@H]2COP(C)(=O)O[C@H]2[C@@]1(C)Cl. The lowest BCUT2D eigenvalue weighted by atomic mass is 9.85. The van der Waals surface area contributed by atoms with Crippen molar-refractivity contribution in [3.8, 4) is 0 Å². The first-order valence-electron chi connectivity index (χ1n) is 4.58. The van der Waals surface area contributed by atoms with Crippen LogP contribution in [0.4, 0.5) is 0 Å². The largest absolute Gasteiger partial charge is 0.377 e. The number of ether oxygens (including phenoxy) is 1. The summed E-state index contributed by atoms with van der Waals surface area (Å²) < 4.78 is 27.6. The Labute approximate surface area is 89.2 Å². The van der Waals surface area contributed by atoms with Gasteiger partial charge in [0.1, 0.15) is 20.1 Å². The van der Waals surface area contributed by atoms with E-state index in [-0.39, 0.29) is 18.2 Å². The zero-order valence-corrected chi connectivity index (χ0v) is 10.0. The normalized spacial score (nSPS) is 58.4. The average molecular weight is 238 g/mol. The van der Waals surface area contributed by atoms with E-state index in [1.807, 2.05) is 14.8 Å². The number of hydrogen-bond acceptors (Lipinski definition) is 4. The molecule has 2 saturated heterocycles. The first-order valence-corrected chi connectivity index (χ1v) is 6.94. The van der Waals surface area contributed by atoms with Gasteiger partial charge < -0.3 is 13.8 Å². The minimum Gasteiger partial charge on any atom is -0.377 e. The van der Waals surface area contributed by atoms with E-state index in [0.29, 0.717) is 6.61 Å². The zero-order valence-electron chi connectivity index (χ0n) is 8.40. The molecule has 2 fully saturated rings. The van der Waals surface area contributed by atoms with Gasteiger partial charge in [0.25, 0.3) is 0 Å². The fourth-order valence-corrected chi connectivity index (χ4v) is 3.35. The van der Waals surface area contributed by atoms with Gasteiger partial charge in [-0.05, 0) is 6.92 Å². The van der Waals surface area contributed by atoms with E-state index in [4.69, 9.17) is 25.4 Å². The summed E-state index contributed by atoms with van der Waals surface area (Å²) in [7, 11) is -1.04. The average Bonchev–Trinajstić information content (AvgIpc) is 2.26. The molecule has 0 saturated carbocycles. The van der Waals surface area contributed by atoms with Crippen LogP contribution in [0.3, 0.4) is 0 Å². The third-order valence-corrected chi connectivity index (χ3v) is 4.60. The van der Waals surface area contributed by atoms with Gasteiger partial charge in [-0.25, -0.2) is 0 Å². The van der Waals surface area contributed by atoms with Crippen LogP contribution < -0.4 is 0 Å². The molecule has 0 radical (unpaired) electrons. The van der Waals surface area contributed by atoms with E-state index in [0.717, 1.165) is 0 Å². The van der Waals surface area contributed by atoms with Gasteiger partial charge >= 0.3 is 7.60 Å². The highest BCUT2D eigenvalue weighted by Gasteiger charge is 2.55. The molecular weight excluding hydrogens is 225 g/mol. The van der Waals surface area contributed by atoms with E-state index >= 15 is 0 Å². The van der Waals surface area contributed by atoms with E-state index in [9.17, 15) is 4.57 Å². The van der Waals surface area contributed by atoms with Crippen LogP contribution in [-0.4, -0.2) is 44.2 Å². The standard InChI is InChI=1S/C7H13BClO4P/c1-7(9)5-4(12-6(7)8)3-11-14(2,10)13-5/h4-6H,3,8H2,1-2H3/t4-,5-,6-,7-,14?/m1/s1. The Hall–Kier alpha value is 0.465. The molecule has 4 nitrogen and oxygen atoms in total. The summed E-state index contributed by atoms with van der Waals surface area (Å²) >= 11 is 6.29. The molecule has 0 amide bonds. The van der Waals surface area contributed by atoms with Gasteiger partial charge in [-0.2, -0.15) is 0 Å². The van der Waals surface area contributed by atoms with Crippen LogP contribution in [0.15, 0.2) is 0 Å². The molecule has 2 rings (SSSR count). The van der Waals surface area contributed by atoms with Crippen molar-refractivity contribution >= 4 is 27.0 Å². The molecule has 80 valence electrons. The molecule has 2 aliphatic heterocycles. The molecular formula is C7H13BClO4P. The molecule has 2 heterocycles. The lowest BCUT2D eigenvalue weighted by Crippen LogP contribution is -2.44. The van der Waals surface area contributed by atoms with E-state index < -0.39 is 12.5 Å². The summed E-state index contributed by atoms with van der Waals surface area (Å²) in [5.74, 6) is 0. The minimum absolute atomic E-state index is 0.124. The zero-order chi connectivity index (χ0) is 10.6. The Bertz CT molecular complexity index is 297. The summed E-state index contributed by atoms with van der Waals surface area (Å²) in [6.45, 7) is 3.60. The van der Waals surface area contributed by atoms with Gasteiger partial charge in [0.2, 0.25) is 0 Å². The molecule has 0 N–H and O–H groups in total. The third kappa shape index (κ3) is 1.65. The van der Waals surface area contributed by atoms with Crippen molar-refractivity contribution in [3.05, 3.63) is 0 Å². The molecule has 0 aromatic rings. The van der Waals surface area contributed by atoms with Gasteiger partial charge in [-0.1, -0.05) is 0 Å². The van der Waals surface area contributed by atoms with Crippen molar-refractivity contribution in [1.29, 1.82) is 0 Å². The maximum atomic E-state index is 11.6. The second kappa shape index (κ2) is 3.23. The summed E-state index contributed by atoms with van der Waals surface area (Å²) in [5, 5.41) is 0. The molecule has 0 bridgehead atoms. The Morgan fingerprint density at radius 1 is 1.64 bits per heavy atom. The quantitative estimate of drug-likeness (QED) is 0.352. The van der Waals surface area contributed by atoms with Gasteiger partial charge in [-0.15, -0.1) is 11.6 Å². The summed E-state index contributed by atoms with van der Waals surface area (Å²) in [4.78, 5) is -0.625. The molecule has 0 aromatic carbocycles. The highest BCUT2D eigenvalue weighted by molar-refractivity contribution is 7.53. The van der Waals surface area contributed by atoms with Crippen molar-refractivity contribution < 1.29 is 18.3 Å². The van der Waals surface area contributed by atoms with Crippen molar-refractivity contribution in [2.75, 3.05) is 13.3 Å². The molecule has 0 aromatic heterocycles. The van der Waals surface area contributed by atoms with Crippen molar-refractivity contribution in [3.63, 3.8) is 0 Å². The van der Waals surface area contributed by atoms with Crippen molar-refractivity contribution in [2.45, 2.75) is 30.0 Å². The van der Waals surface area contributed by atoms with Crippen LogP contribution in [0.25, 0.3) is 0 Å². The van der Waals surface area contributed by atoms with Crippen LogP contribution in [-0.2, 0) is 18.3 Å². The second-order valence-electron chi connectivity index (χ2n) is 4.06. The summed E-state index contributed by atoms with van der Waals surface area (Å²) in [5.41, 5.74) is 0. The van der Waals surface area contributed by atoms with E-state index in [1.54, 1.807) is 0 Å². The Balaban J connectivity index is 2.23. The molecule has 2 aliphatic rings. The summed E-state index contributed by atoms with van der Waals surface area (Å²) in [6, 6.07) is -0.124. The molecule has 0 aliphatic carbocycles. The highest BCUT2D eigenvalue weighted by Crippen LogP contribution is 2.54. The molecule has 1 unspecified atom stereocenters. The van der Waals surface area contributed by atoms with Crippen LogP contribution >= 0.6 is 19.2 Å². The third-order valence-electron chi connectivity index (χ3n) is 2.85. The van der Waals surface area contributed by atoms with Gasteiger partial charge in [0.15, 0.2) is 0 Å². The van der Waals surface area contributed by atoms with Gasteiger partial charge in [0, 0.05) is 12.7 Å². The Kier molecular flexibility index (Phi) is 2.53. The van der Waals surface area contributed by atoms with Crippen molar-refractivity contribution in [2.24, 2.45) is 0 Å². The minimum atomic E-state index is -2.93. The van der Waals surface area contributed by atoms with Gasteiger partial charge in [0.05, 0.1) is 11.5 Å². The van der Waals surface area contributed by atoms with Crippen molar-refractivity contribution in [1.82, 2.24) is 0 Å². The Morgan fingerprint density at radius 3 is 2.93 bits per heavy atom. The summed E-state index contributed by atoms with van der Waals surface area (Å²) in [6.07, 6.45) is -0.543. The molecule has 7 heteroatoms. The maximum Gasteiger partial charge on any atom is 0.328 e. The van der Waals surface area contributed by atoms with Crippen LogP contribution in [0.1, 0.15) is 6.92 Å². The highest BCUT2D eigenvalue weighted by atomic mass is 35.5. The molecule has 14 heavy (non-hydrogen) atoms. The first kappa shape index (κ1) is 11.0. The second-order valence-corrected chi connectivity index (χ2v) is 6.89. The van der Waals surface area contributed by atoms with Crippen LogP contribution in [0.5, 0.6) is 0 Å². The predicted molar refractivity (Wildman–Crippen MR) is 55.8 cm³/mol. The first-order chi connectivity index (χ1) is 6.33. The lowest BCUT2D eigenvalue weighted by Gasteiger charge is -2.34. The topological polar surface area (TPSA) is 44.8 Å². The molecule has 5 atom stereocenters. The number of halogens is 1. The predicted octanol–water partition coefficient (Wildman–Crippen LogP) is 0.580. The van der Waals surface area contributed by atoms with E-state index in [2.05, 4.69) is 0 Å². The van der Waals surface area contributed by atoms with Crippen LogP contribution in [0.2, 0.25) is 0 Å². The number of alkyl halides is 1. The number of rotatable bonds is 0. The Morgan fingerprint density at radius 2 is 2.29 bits per heavy atom. The maximum absolute atomic E-state index is 11.6. The van der Waals surface area contributed by atoms with Crippen LogP contribution in [0, 0.1) is 0 Å².